The summed E-state index contributed by atoms with van der Waals surface area (Å²) >= 11 is 6.29. The molecule has 0 saturated heterocycles. The predicted molar refractivity (Wildman–Crippen MR) is 71.0 cm³/mol. The van der Waals surface area contributed by atoms with Crippen molar-refractivity contribution >= 4 is 11.6 Å². The molecule has 0 aliphatic heterocycles. The van der Waals surface area contributed by atoms with Crippen LogP contribution in [0.25, 0.3) is 11.4 Å². The van der Waals surface area contributed by atoms with Crippen LogP contribution in [-0.2, 0) is 13.6 Å². The third-order valence-corrected chi connectivity index (χ3v) is 2.99. The Morgan fingerprint density at radius 1 is 1.41 bits per heavy atom. The van der Waals surface area contributed by atoms with Gasteiger partial charge in [-0.25, -0.2) is 4.98 Å². The number of benzene rings is 1. The number of rotatable bonds is 4. The van der Waals surface area contributed by atoms with Gasteiger partial charge in [0, 0.05) is 31.5 Å². The van der Waals surface area contributed by atoms with Crippen molar-refractivity contribution in [3.05, 3.63) is 41.2 Å². The average molecular weight is 250 g/mol. The molecule has 0 fully saturated rings. The highest BCUT2D eigenvalue weighted by molar-refractivity contribution is 6.33. The van der Waals surface area contributed by atoms with Crippen LogP contribution >= 0.6 is 11.6 Å². The van der Waals surface area contributed by atoms with Gasteiger partial charge in [0.1, 0.15) is 5.82 Å². The van der Waals surface area contributed by atoms with Crippen LogP contribution in [0.4, 0.5) is 0 Å². The van der Waals surface area contributed by atoms with Crippen LogP contribution in [-0.4, -0.2) is 16.1 Å². The van der Waals surface area contributed by atoms with E-state index in [9.17, 15) is 0 Å². The molecule has 0 aliphatic rings. The minimum Gasteiger partial charge on any atom is -0.334 e. The van der Waals surface area contributed by atoms with E-state index in [1.165, 1.54) is 5.56 Å². The van der Waals surface area contributed by atoms with Crippen LogP contribution in [0, 0.1) is 0 Å². The molecule has 1 N–H and O–H groups in total. The molecule has 1 aromatic heterocycles. The van der Waals surface area contributed by atoms with Gasteiger partial charge in [-0.3, -0.25) is 0 Å². The Morgan fingerprint density at radius 3 is 2.82 bits per heavy atom. The first-order chi connectivity index (χ1) is 8.22. The topological polar surface area (TPSA) is 29.9 Å². The fraction of sp³-hybridized carbons (Fsp3) is 0.308. The minimum atomic E-state index is 0.745. The third kappa shape index (κ3) is 2.68. The monoisotopic (exact) mass is 249 g/mol. The maximum Gasteiger partial charge on any atom is 0.141 e. The molecule has 17 heavy (non-hydrogen) atoms. The zero-order valence-corrected chi connectivity index (χ0v) is 10.8. The van der Waals surface area contributed by atoms with E-state index >= 15 is 0 Å². The highest BCUT2D eigenvalue weighted by Crippen LogP contribution is 2.27. The lowest BCUT2D eigenvalue weighted by Crippen LogP contribution is -2.11. The van der Waals surface area contributed by atoms with Crippen molar-refractivity contribution in [2.24, 2.45) is 7.05 Å². The van der Waals surface area contributed by atoms with Gasteiger partial charge in [0.25, 0.3) is 0 Å². The van der Waals surface area contributed by atoms with E-state index in [1.54, 1.807) is 6.20 Å². The van der Waals surface area contributed by atoms with Gasteiger partial charge in [-0.15, -0.1) is 0 Å². The van der Waals surface area contributed by atoms with Crippen molar-refractivity contribution in [2.75, 3.05) is 6.54 Å². The van der Waals surface area contributed by atoms with Gasteiger partial charge in [-0.2, -0.15) is 0 Å². The molecule has 3 nitrogen and oxygen atoms in total. The zero-order valence-electron chi connectivity index (χ0n) is 10.1. The van der Waals surface area contributed by atoms with Gasteiger partial charge in [0.05, 0.1) is 5.02 Å². The quantitative estimate of drug-likeness (QED) is 0.903. The molecule has 1 heterocycles. The lowest BCUT2D eigenvalue weighted by molar-refractivity contribution is 0.727. The second-order valence-electron chi connectivity index (χ2n) is 3.96. The minimum absolute atomic E-state index is 0.745. The molecule has 0 aliphatic carbocycles. The number of aryl methyl sites for hydroxylation is 1. The highest BCUT2D eigenvalue weighted by Gasteiger charge is 2.08. The molecule has 0 unspecified atom stereocenters. The average Bonchev–Trinajstić information content (AvgIpc) is 2.73. The molecular weight excluding hydrogens is 234 g/mol. The summed E-state index contributed by atoms with van der Waals surface area (Å²) in [6.07, 6.45) is 3.69. The number of hydrogen-bond acceptors (Lipinski definition) is 2. The summed E-state index contributed by atoms with van der Waals surface area (Å²) in [5.74, 6) is 0.894. The van der Waals surface area contributed by atoms with E-state index in [1.807, 2.05) is 29.9 Å². The fourth-order valence-electron chi connectivity index (χ4n) is 1.74. The van der Waals surface area contributed by atoms with E-state index in [0.29, 0.717) is 0 Å². The Balaban J connectivity index is 2.29. The summed E-state index contributed by atoms with van der Waals surface area (Å²) in [5.41, 5.74) is 2.16. The van der Waals surface area contributed by atoms with E-state index in [0.717, 1.165) is 29.5 Å². The third-order valence-electron chi connectivity index (χ3n) is 2.67. The van der Waals surface area contributed by atoms with Crippen molar-refractivity contribution in [1.29, 1.82) is 0 Å². The Morgan fingerprint density at radius 2 is 2.24 bits per heavy atom. The molecule has 0 saturated carbocycles. The van der Waals surface area contributed by atoms with Crippen LogP contribution in [0.3, 0.4) is 0 Å². The van der Waals surface area contributed by atoms with Crippen LogP contribution in [0.15, 0.2) is 30.6 Å². The molecule has 4 heteroatoms. The van der Waals surface area contributed by atoms with Crippen molar-refractivity contribution in [3.63, 3.8) is 0 Å². The Labute approximate surface area is 106 Å². The molecular formula is C13H16ClN3. The Kier molecular flexibility index (Phi) is 3.82. The summed E-state index contributed by atoms with van der Waals surface area (Å²) in [6.45, 7) is 3.89. The number of nitrogens with zero attached hydrogens (tertiary/aromatic N) is 2. The Bertz CT molecular complexity index is 505. The zero-order chi connectivity index (χ0) is 12.3. The summed E-state index contributed by atoms with van der Waals surface area (Å²) in [7, 11) is 1.96. The first-order valence-corrected chi connectivity index (χ1v) is 6.07. The Hall–Kier alpha value is -1.32. The first-order valence-electron chi connectivity index (χ1n) is 5.69. The van der Waals surface area contributed by atoms with Gasteiger partial charge in [0.2, 0.25) is 0 Å². The second kappa shape index (κ2) is 5.34. The maximum atomic E-state index is 6.29. The van der Waals surface area contributed by atoms with Crippen molar-refractivity contribution in [3.8, 4) is 11.4 Å². The molecule has 90 valence electrons. The van der Waals surface area contributed by atoms with Gasteiger partial charge in [-0.05, 0) is 24.2 Å². The maximum absolute atomic E-state index is 6.29. The number of imidazole rings is 1. The summed E-state index contributed by atoms with van der Waals surface area (Å²) < 4.78 is 1.96. The SMILES string of the molecule is CCNCc1ccc(-c2nccn2C)c(Cl)c1. The van der Waals surface area contributed by atoms with Crippen molar-refractivity contribution in [2.45, 2.75) is 13.5 Å². The normalized spacial score (nSPS) is 10.8. The van der Waals surface area contributed by atoms with Gasteiger partial charge in [0.15, 0.2) is 0 Å². The van der Waals surface area contributed by atoms with Crippen LogP contribution in [0.5, 0.6) is 0 Å². The van der Waals surface area contributed by atoms with Crippen molar-refractivity contribution < 1.29 is 0 Å². The van der Waals surface area contributed by atoms with Crippen LogP contribution in [0.2, 0.25) is 5.02 Å². The molecule has 0 atom stereocenters. The molecule has 0 radical (unpaired) electrons. The first kappa shape index (κ1) is 12.1. The summed E-state index contributed by atoms with van der Waals surface area (Å²) in [5, 5.41) is 4.02. The van der Waals surface area contributed by atoms with Crippen molar-refractivity contribution in [1.82, 2.24) is 14.9 Å². The van der Waals surface area contributed by atoms with E-state index in [2.05, 4.69) is 23.3 Å². The highest BCUT2D eigenvalue weighted by atomic mass is 35.5. The predicted octanol–water partition coefficient (Wildman–Crippen LogP) is 2.85. The summed E-state index contributed by atoms with van der Waals surface area (Å²) in [4.78, 5) is 4.30. The molecule has 2 rings (SSSR count). The molecule has 1 aromatic carbocycles. The van der Waals surface area contributed by atoms with E-state index in [4.69, 9.17) is 11.6 Å². The summed E-state index contributed by atoms with van der Waals surface area (Å²) in [6, 6.07) is 6.10. The van der Waals surface area contributed by atoms with E-state index < -0.39 is 0 Å². The molecule has 0 bridgehead atoms. The molecule has 2 aromatic rings. The lowest BCUT2D eigenvalue weighted by atomic mass is 10.1. The smallest absolute Gasteiger partial charge is 0.141 e. The van der Waals surface area contributed by atoms with Gasteiger partial charge >= 0.3 is 0 Å². The fourth-order valence-corrected chi connectivity index (χ4v) is 2.03. The van der Waals surface area contributed by atoms with Gasteiger partial charge in [-0.1, -0.05) is 24.6 Å². The van der Waals surface area contributed by atoms with E-state index in [-0.39, 0.29) is 0 Å². The van der Waals surface area contributed by atoms with Crippen LogP contribution < -0.4 is 5.32 Å². The number of halogens is 1. The number of aromatic nitrogens is 2. The molecule has 0 spiro atoms. The second-order valence-corrected chi connectivity index (χ2v) is 4.36. The van der Waals surface area contributed by atoms with Crippen LogP contribution in [0.1, 0.15) is 12.5 Å². The standard InChI is InChI=1S/C13H16ClN3/c1-3-15-9-10-4-5-11(12(14)8-10)13-16-6-7-17(13)2/h4-8,15H,3,9H2,1-2H3. The lowest BCUT2D eigenvalue weighted by Gasteiger charge is -2.07. The number of nitrogens with one attached hydrogen (secondary N) is 1. The van der Waals surface area contributed by atoms with Gasteiger partial charge < -0.3 is 9.88 Å². The number of hydrogen-bond donors (Lipinski definition) is 1. The molecule has 0 amide bonds. The largest absolute Gasteiger partial charge is 0.334 e.